The van der Waals surface area contributed by atoms with Crippen molar-refractivity contribution in [3.8, 4) is 0 Å². The smallest absolute Gasteiger partial charge is 0.237 e. The Bertz CT molecular complexity index is 449. The molecule has 1 aliphatic carbocycles. The molecule has 0 spiro atoms. The van der Waals surface area contributed by atoms with Gasteiger partial charge in [-0.3, -0.25) is 4.79 Å². The number of hydrogen-bond donors (Lipinski definition) is 2. The molecule has 98 valence electrons. The van der Waals surface area contributed by atoms with Gasteiger partial charge in [-0.25, -0.2) is 4.39 Å². The first-order chi connectivity index (χ1) is 8.58. The number of benzene rings is 1. The minimum Gasteiger partial charge on any atom is -0.352 e. The summed E-state index contributed by atoms with van der Waals surface area (Å²) >= 11 is 5.69. The fourth-order valence-corrected chi connectivity index (χ4v) is 1.79. The van der Waals surface area contributed by atoms with Crippen molar-refractivity contribution in [2.75, 3.05) is 0 Å². The van der Waals surface area contributed by atoms with Crippen molar-refractivity contribution in [1.82, 2.24) is 10.6 Å². The van der Waals surface area contributed by atoms with Gasteiger partial charge in [-0.15, -0.1) is 0 Å². The molecule has 0 aromatic heterocycles. The predicted molar refractivity (Wildman–Crippen MR) is 68.9 cm³/mol. The normalized spacial score (nSPS) is 16.4. The molecule has 0 aliphatic heterocycles. The topological polar surface area (TPSA) is 41.1 Å². The molecule has 1 aromatic rings. The van der Waals surface area contributed by atoms with E-state index in [0.29, 0.717) is 11.6 Å². The van der Waals surface area contributed by atoms with Crippen LogP contribution in [-0.2, 0) is 11.3 Å². The molecule has 0 heterocycles. The Morgan fingerprint density at radius 1 is 1.56 bits per heavy atom. The van der Waals surface area contributed by atoms with Gasteiger partial charge in [-0.2, -0.15) is 0 Å². The van der Waals surface area contributed by atoms with Crippen LogP contribution in [0.1, 0.15) is 25.3 Å². The highest BCUT2D eigenvalue weighted by Crippen LogP contribution is 2.19. The van der Waals surface area contributed by atoms with E-state index >= 15 is 0 Å². The molecule has 1 atom stereocenters. The van der Waals surface area contributed by atoms with Crippen LogP contribution < -0.4 is 10.6 Å². The predicted octanol–water partition coefficient (Wildman–Crippen LogP) is 2.24. The maximum absolute atomic E-state index is 13.6. The third-order valence-corrected chi connectivity index (χ3v) is 3.24. The van der Waals surface area contributed by atoms with E-state index < -0.39 is 5.82 Å². The molecule has 1 amide bonds. The minimum atomic E-state index is -0.429. The molecule has 2 N–H and O–H groups in total. The van der Waals surface area contributed by atoms with Crippen LogP contribution in [0.2, 0.25) is 5.02 Å². The van der Waals surface area contributed by atoms with Gasteiger partial charge in [0.1, 0.15) is 5.82 Å². The van der Waals surface area contributed by atoms with Crippen LogP contribution in [0, 0.1) is 5.82 Å². The second kappa shape index (κ2) is 5.67. The molecule has 0 radical (unpaired) electrons. The van der Waals surface area contributed by atoms with Crippen molar-refractivity contribution in [2.45, 2.75) is 38.4 Å². The Kier molecular flexibility index (Phi) is 4.19. The summed E-state index contributed by atoms with van der Waals surface area (Å²) in [7, 11) is 0. The van der Waals surface area contributed by atoms with E-state index in [0.717, 1.165) is 12.8 Å². The van der Waals surface area contributed by atoms with Gasteiger partial charge in [0.15, 0.2) is 0 Å². The lowest BCUT2D eigenvalue weighted by Gasteiger charge is -2.14. The second-order valence-corrected chi connectivity index (χ2v) is 5.01. The van der Waals surface area contributed by atoms with Crippen LogP contribution in [-0.4, -0.2) is 18.0 Å². The Balaban J connectivity index is 1.86. The Labute approximate surface area is 111 Å². The van der Waals surface area contributed by atoms with Gasteiger partial charge in [0.25, 0.3) is 0 Å². The Hall–Kier alpha value is -1.13. The largest absolute Gasteiger partial charge is 0.352 e. The maximum Gasteiger partial charge on any atom is 0.237 e. The average molecular weight is 271 g/mol. The standard InChI is InChI=1S/C13H16ClFN2O/c1-8(13(18)17-10-5-6-10)16-7-9-3-2-4-11(14)12(9)15/h2-4,8,10,16H,5-7H2,1H3,(H,17,18). The third-order valence-electron chi connectivity index (χ3n) is 2.95. The molecule has 2 rings (SSSR count). The minimum absolute atomic E-state index is 0.0417. The van der Waals surface area contributed by atoms with Crippen LogP contribution in [0.5, 0.6) is 0 Å². The molecule has 0 saturated heterocycles. The highest BCUT2D eigenvalue weighted by Gasteiger charge is 2.25. The van der Waals surface area contributed by atoms with Gasteiger partial charge in [-0.1, -0.05) is 23.7 Å². The van der Waals surface area contributed by atoms with E-state index in [-0.39, 0.29) is 23.5 Å². The number of rotatable bonds is 5. The number of carbonyl (C=O) groups is 1. The zero-order valence-electron chi connectivity index (χ0n) is 10.2. The first-order valence-electron chi connectivity index (χ1n) is 6.04. The number of amides is 1. The summed E-state index contributed by atoms with van der Waals surface area (Å²) in [5, 5.41) is 5.99. The molecule has 0 bridgehead atoms. The van der Waals surface area contributed by atoms with E-state index in [9.17, 15) is 9.18 Å². The fraction of sp³-hybridized carbons (Fsp3) is 0.462. The molecular weight excluding hydrogens is 255 g/mol. The van der Waals surface area contributed by atoms with Crippen molar-refractivity contribution in [3.05, 3.63) is 34.6 Å². The van der Waals surface area contributed by atoms with Gasteiger partial charge in [0.05, 0.1) is 11.1 Å². The monoisotopic (exact) mass is 270 g/mol. The summed E-state index contributed by atoms with van der Waals surface area (Å²) in [5.41, 5.74) is 0.466. The van der Waals surface area contributed by atoms with Crippen molar-refractivity contribution >= 4 is 17.5 Å². The van der Waals surface area contributed by atoms with Crippen molar-refractivity contribution < 1.29 is 9.18 Å². The van der Waals surface area contributed by atoms with E-state index in [4.69, 9.17) is 11.6 Å². The summed E-state index contributed by atoms with van der Waals surface area (Å²) in [4.78, 5) is 11.7. The zero-order chi connectivity index (χ0) is 13.1. The molecule has 1 saturated carbocycles. The SMILES string of the molecule is CC(NCc1cccc(Cl)c1F)C(=O)NC1CC1. The molecule has 1 aromatic carbocycles. The van der Waals surface area contributed by atoms with Gasteiger partial charge < -0.3 is 10.6 Å². The lowest BCUT2D eigenvalue weighted by atomic mass is 10.2. The summed E-state index contributed by atoms with van der Waals surface area (Å²) in [5.74, 6) is -0.471. The number of carbonyl (C=O) groups excluding carboxylic acids is 1. The van der Waals surface area contributed by atoms with Crippen LogP contribution >= 0.6 is 11.6 Å². The Morgan fingerprint density at radius 3 is 2.94 bits per heavy atom. The quantitative estimate of drug-likeness (QED) is 0.862. The molecule has 3 nitrogen and oxygen atoms in total. The van der Waals surface area contributed by atoms with Gasteiger partial charge >= 0.3 is 0 Å². The fourth-order valence-electron chi connectivity index (χ4n) is 1.59. The highest BCUT2D eigenvalue weighted by molar-refractivity contribution is 6.30. The van der Waals surface area contributed by atoms with E-state index in [1.807, 2.05) is 0 Å². The van der Waals surface area contributed by atoms with Crippen molar-refractivity contribution in [3.63, 3.8) is 0 Å². The molecule has 1 fully saturated rings. The Morgan fingerprint density at radius 2 is 2.28 bits per heavy atom. The van der Waals surface area contributed by atoms with Crippen LogP contribution in [0.3, 0.4) is 0 Å². The number of nitrogens with one attached hydrogen (secondary N) is 2. The summed E-state index contributed by atoms with van der Waals surface area (Å²) in [6.45, 7) is 2.05. The van der Waals surface area contributed by atoms with Crippen molar-refractivity contribution in [2.24, 2.45) is 0 Å². The zero-order valence-corrected chi connectivity index (χ0v) is 10.9. The van der Waals surface area contributed by atoms with Gasteiger partial charge in [-0.05, 0) is 25.8 Å². The molecule has 1 unspecified atom stereocenters. The van der Waals surface area contributed by atoms with E-state index in [1.165, 1.54) is 6.07 Å². The van der Waals surface area contributed by atoms with Crippen molar-refractivity contribution in [1.29, 1.82) is 0 Å². The third kappa shape index (κ3) is 3.43. The van der Waals surface area contributed by atoms with E-state index in [2.05, 4.69) is 10.6 Å². The van der Waals surface area contributed by atoms with Crippen LogP contribution in [0.15, 0.2) is 18.2 Å². The first kappa shape index (κ1) is 13.3. The summed E-state index contributed by atoms with van der Waals surface area (Å²) in [6, 6.07) is 4.84. The number of halogens is 2. The molecule has 1 aliphatic rings. The lowest BCUT2D eigenvalue weighted by molar-refractivity contribution is -0.122. The maximum atomic E-state index is 13.6. The number of hydrogen-bond acceptors (Lipinski definition) is 2. The average Bonchev–Trinajstić information content (AvgIpc) is 3.14. The van der Waals surface area contributed by atoms with Gasteiger partial charge in [0, 0.05) is 18.2 Å². The van der Waals surface area contributed by atoms with E-state index in [1.54, 1.807) is 19.1 Å². The summed E-state index contributed by atoms with van der Waals surface area (Å²) in [6.07, 6.45) is 2.11. The molecule has 18 heavy (non-hydrogen) atoms. The van der Waals surface area contributed by atoms with Crippen LogP contribution in [0.4, 0.5) is 4.39 Å². The highest BCUT2D eigenvalue weighted by atomic mass is 35.5. The second-order valence-electron chi connectivity index (χ2n) is 4.60. The molecule has 5 heteroatoms. The lowest BCUT2D eigenvalue weighted by Crippen LogP contribution is -2.42. The summed E-state index contributed by atoms with van der Waals surface area (Å²) < 4.78 is 13.6. The van der Waals surface area contributed by atoms with Gasteiger partial charge in [0.2, 0.25) is 5.91 Å². The molecular formula is C13H16ClFN2O. The van der Waals surface area contributed by atoms with Crippen LogP contribution in [0.25, 0.3) is 0 Å². The first-order valence-corrected chi connectivity index (χ1v) is 6.42.